The van der Waals surface area contributed by atoms with E-state index in [0.29, 0.717) is 5.92 Å². The summed E-state index contributed by atoms with van der Waals surface area (Å²) in [5.74, 6) is 1.29. The maximum atomic E-state index is 4.57. The van der Waals surface area contributed by atoms with Gasteiger partial charge in [0.2, 0.25) is 0 Å². The average molecular weight is 301 g/mol. The Morgan fingerprint density at radius 3 is 2.95 bits per heavy atom. The predicted molar refractivity (Wildman–Crippen MR) is 86.1 cm³/mol. The number of anilines is 1. The lowest BCUT2D eigenvalue weighted by Crippen LogP contribution is -2.07. The van der Waals surface area contributed by atoms with E-state index in [-0.39, 0.29) is 0 Å². The molecule has 3 rings (SSSR count). The van der Waals surface area contributed by atoms with Gasteiger partial charge >= 0.3 is 0 Å². The molecule has 0 fully saturated rings. The molecule has 0 saturated heterocycles. The molecule has 21 heavy (non-hydrogen) atoms. The summed E-state index contributed by atoms with van der Waals surface area (Å²) in [6, 6.07) is 2.10. The third-order valence-corrected chi connectivity index (χ3v) is 4.32. The van der Waals surface area contributed by atoms with Gasteiger partial charge in [-0.1, -0.05) is 13.8 Å². The Labute approximate surface area is 128 Å². The van der Waals surface area contributed by atoms with E-state index >= 15 is 0 Å². The number of nitrogens with one attached hydrogen (secondary N) is 1. The summed E-state index contributed by atoms with van der Waals surface area (Å²) in [5.41, 5.74) is 3.20. The fourth-order valence-electron chi connectivity index (χ4n) is 2.16. The van der Waals surface area contributed by atoms with Gasteiger partial charge in [-0.15, -0.1) is 11.3 Å². The molecule has 3 heterocycles. The van der Waals surface area contributed by atoms with E-state index in [2.05, 4.69) is 45.7 Å². The minimum Gasteiger partial charge on any atom is -0.368 e. The predicted octanol–water partition coefficient (Wildman–Crippen LogP) is 3.27. The summed E-state index contributed by atoms with van der Waals surface area (Å²) in [6.45, 7) is 7.14. The van der Waals surface area contributed by atoms with Crippen LogP contribution in [0.5, 0.6) is 0 Å². The zero-order valence-electron chi connectivity index (χ0n) is 12.5. The third-order valence-electron chi connectivity index (χ3n) is 3.30. The summed E-state index contributed by atoms with van der Waals surface area (Å²) in [4.78, 5) is 8.90. The standard InChI is InChI=1S/C15H19N5S/c1-10(2)12-8-13-15(17-6-7-20(13)19-12)16-5-4-14-18-11(3)9-21-14/h6-10H,4-5H2,1-3H3,(H,16,17). The quantitative estimate of drug-likeness (QED) is 0.786. The number of thiazole rings is 1. The Bertz CT molecular complexity index is 743. The van der Waals surface area contributed by atoms with Crippen LogP contribution in [0.15, 0.2) is 23.8 Å². The fourth-order valence-corrected chi connectivity index (χ4v) is 2.94. The number of aryl methyl sites for hydroxylation is 1. The number of aromatic nitrogens is 4. The Morgan fingerprint density at radius 1 is 1.38 bits per heavy atom. The maximum absolute atomic E-state index is 4.57. The molecular formula is C15H19N5S. The van der Waals surface area contributed by atoms with Crippen molar-refractivity contribution in [3.8, 4) is 0 Å². The lowest BCUT2D eigenvalue weighted by Gasteiger charge is -2.05. The number of rotatable bonds is 5. The van der Waals surface area contributed by atoms with Crippen LogP contribution in [0.1, 0.15) is 36.2 Å². The van der Waals surface area contributed by atoms with Crippen molar-refractivity contribution in [1.29, 1.82) is 0 Å². The zero-order chi connectivity index (χ0) is 14.8. The van der Waals surface area contributed by atoms with Crippen LogP contribution < -0.4 is 5.32 Å². The second-order valence-electron chi connectivity index (χ2n) is 5.39. The highest BCUT2D eigenvalue weighted by molar-refractivity contribution is 7.09. The molecule has 0 aliphatic rings. The highest BCUT2D eigenvalue weighted by Gasteiger charge is 2.09. The van der Waals surface area contributed by atoms with Gasteiger partial charge in [-0.2, -0.15) is 5.10 Å². The fraction of sp³-hybridized carbons (Fsp3) is 0.400. The van der Waals surface area contributed by atoms with E-state index in [1.807, 2.05) is 17.6 Å². The van der Waals surface area contributed by atoms with Gasteiger partial charge in [0.15, 0.2) is 5.82 Å². The van der Waals surface area contributed by atoms with Crippen molar-refractivity contribution >= 4 is 22.7 Å². The molecule has 0 aromatic carbocycles. The van der Waals surface area contributed by atoms with Crippen LogP contribution in [-0.4, -0.2) is 26.1 Å². The Kier molecular flexibility index (Phi) is 3.88. The lowest BCUT2D eigenvalue weighted by molar-refractivity contribution is 0.787. The van der Waals surface area contributed by atoms with Gasteiger partial charge in [-0.3, -0.25) is 0 Å². The molecule has 0 amide bonds. The van der Waals surface area contributed by atoms with Crippen molar-refractivity contribution in [3.63, 3.8) is 0 Å². The summed E-state index contributed by atoms with van der Waals surface area (Å²) < 4.78 is 1.89. The van der Waals surface area contributed by atoms with E-state index in [4.69, 9.17) is 0 Å². The van der Waals surface area contributed by atoms with Gasteiger partial charge in [0, 0.05) is 36.4 Å². The van der Waals surface area contributed by atoms with Gasteiger partial charge in [0.1, 0.15) is 5.52 Å². The Morgan fingerprint density at radius 2 is 2.24 bits per heavy atom. The van der Waals surface area contributed by atoms with Crippen molar-refractivity contribution in [2.75, 3.05) is 11.9 Å². The first-order valence-electron chi connectivity index (χ1n) is 7.12. The Hall–Kier alpha value is -1.95. The van der Waals surface area contributed by atoms with Gasteiger partial charge in [-0.25, -0.2) is 14.5 Å². The van der Waals surface area contributed by atoms with Crippen molar-refractivity contribution in [3.05, 3.63) is 40.2 Å². The minimum atomic E-state index is 0.413. The maximum Gasteiger partial charge on any atom is 0.152 e. The molecule has 6 heteroatoms. The largest absolute Gasteiger partial charge is 0.368 e. The van der Waals surface area contributed by atoms with E-state index in [9.17, 15) is 0 Å². The molecule has 0 saturated carbocycles. The summed E-state index contributed by atoms with van der Waals surface area (Å²) in [6.07, 6.45) is 4.57. The topological polar surface area (TPSA) is 55.1 Å². The molecule has 110 valence electrons. The first-order chi connectivity index (χ1) is 10.1. The molecule has 3 aromatic rings. The van der Waals surface area contributed by atoms with E-state index in [1.54, 1.807) is 17.5 Å². The monoisotopic (exact) mass is 301 g/mol. The molecular weight excluding hydrogens is 282 g/mol. The van der Waals surface area contributed by atoms with Gasteiger partial charge in [0.05, 0.1) is 10.7 Å². The highest BCUT2D eigenvalue weighted by atomic mass is 32.1. The van der Waals surface area contributed by atoms with Crippen LogP contribution in [0.4, 0.5) is 5.82 Å². The van der Waals surface area contributed by atoms with Crippen molar-refractivity contribution < 1.29 is 0 Å². The number of nitrogens with zero attached hydrogens (tertiary/aromatic N) is 4. The molecule has 0 bridgehead atoms. The summed E-state index contributed by atoms with van der Waals surface area (Å²) >= 11 is 1.71. The first-order valence-corrected chi connectivity index (χ1v) is 8.00. The smallest absolute Gasteiger partial charge is 0.152 e. The van der Waals surface area contributed by atoms with Crippen molar-refractivity contribution in [1.82, 2.24) is 19.6 Å². The molecule has 3 aromatic heterocycles. The number of hydrogen-bond donors (Lipinski definition) is 1. The molecule has 0 spiro atoms. The number of hydrogen-bond acceptors (Lipinski definition) is 5. The third kappa shape index (κ3) is 3.05. The first kappa shape index (κ1) is 14.0. The normalized spacial score (nSPS) is 11.4. The van der Waals surface area contributed by atoms with Gasteiger partial charge < -0.3 is 5.32 Å². The average Bonchev–Trinajstić information content (AvgIpc) is 3.05. The second kappa shape index (κ2) is 5.81. The molecule has 0 radical (unpaired) electrons. The van der Waals surface area contributed by atoms with Gasteiger partial charge in [-0.05, 0) is 18.9 Å². The summed E-state index contributed by atoms with van der Waals surface area (Å²) in [7, 11) is 0. The second-order valence-corrected chi connectivity index (χ2v) is 6.33. The SMILES string of the molecule is Cc1csc(CCNc2nccn3nc(C(C)C)cc23)n1. The van der Waals surface area contributed by atoms with Crippen LogP contribution in [0, 0.1) is 6.92 Å². The minimum absolute atomic E-state index is 0.413. The van der Waals surface area contributed by atoms with E-state index in [0.717, 1.165) is 40.7 Å². The molecule has 0 aliphatic carbocycles. The molecule has 0 atom stereocenters. The van der Waals surface area contributed by atoms with E-state index in [1.165, 1.54) is 0 Å². The van der Waals surface area contributed by atoms with E-state index < -0.39 is 0 Å². The van der Waals surface area contributed by atoms with Crippen LogP contribution in [0.3, 0.4) is 0 Å². The zero-order valence-corrected chi connectivity index (χ0v) is 13.3. The van der Waals surface area contributed by atoms with Crippen LogP contribution in [-0.2, 0) is 6.42 Å². The van der Waals surface area contributed by atoms with Crippen molar-refractivity contribution in [2.45, 2.75) is 33.1 Å². The van der Waals surface area contributed by atoms with Crippen LogP contribution in [0.2, 0.25) is 0 Å². The summed E-state index contributed by atoms with van der Waals surface area (Å²) in [5, 5.41) is 11.2. The molecule has 1 N–H and O–H groups in total. The van der Waals surface area contributed by atoms with Gasteiger partial charge in [0.25, 0.3) is 0 Å². The highest BCUT2D eigenvalue weighted by Crippen LogP contribution is 2.20. The molecule has 0 unspecified atom stereocenters. The van der Waals surface area contributed by atoms with Crippen molar-refractivity contribution in [2.24, 2.45) is 0 Å². The van der Waals surface area contributed by atoms with Crippen LogP contribution >= 0.6 is 11.3 Å². The lowest BCUT2D eigenvalue weighted by atomic mass is 10.1. The van der Waals surface area contributed by atoms with Crippen LogP contribution in [0.25, 0.3) is 5.52 Å². The molecule has 5 nitrogen and oxygen atoms in total. The Balaban J connectivity index is 1.74. The number of fused-ring (bicyclic) bond motifs is 1. The molecule has 0 aliphatic heterocycles.